The van der Waals surface area contributed by atoms with Gasteiger partial charge in [-0.15, -0.1) is 0 Å². The number of hydrogen-bond acceptors (Lipinski definition) is 3. The predicted molar refractivity (Wildman–Crippen MR) is 74.5 cm³/mol. The van der Waals surface area contributed by atoms with Crippen LogP contribution in [0.4, 0.5) is 0 Å². The summed E-state index contributed by atoms with van der Waals surface area (Å²) in [4.78, 5) is 0. The molecule has 1 N–H and O–H groups in total. The summed E-state index contributed by atoms with van der Waals surface area (Å²) in [6.45, 7) is 2.20. The molecule has 2 rings (SSSR count). The average Bonchev–Trinajstić information content (AvgIpc) is 2.47. The van der Waals surface area contributed by atoms with Crippen molar-refractivity contribution in [2.45, 2.75) is 76.4 Å². The zero-order chi connectivity index (χ0) is 13.9. The molecule has 3 nitrogen and oxygen atoms in total. The summed E-state index contributed by atoms with van der Waals surface area (Å²) in [5.74, 6) is 0.598. The van der Waals surface area contributed by atoms with Gasteiger partial charge in [0, 0.05) is 13.5 Å². The molecule has 0 spiro atoms. The summed E-state index contributed by atoms with van der Waals surface area (Å²) >= 11 is 0. The van der Waals surface area contributed by atoms with Crippen LogP contribution in [0.2, 0.25) is 0 Å². The molecule has 0 bridgehead atoms. The van der Waals surface area contributed by atoms with E-state index >= 15 is 0 Å². The second-order valence-corrected chi connectivity index (χ2v) is 6.55. The van der Waals surface area contributed by atoms with E-state index in [-0.39, 0.29) is 6.10 Å². The van der Waals surface area contributed by atoms with Crippen LogP contribution in [-0.2, 0) is 4.74 Å². The van der Waals surface area contributed by atoms with Crippen molar-refractivity contribution in [3.8, 4) is 6.07 Å². The molecule has 2 fully saturated rings. The van der Waals surface area contributed by atoms with Gasteiger partial charge in [0.05, 0.1) is 23.2 Å². The van der Waals surface area contributed by atoms with Crippen molar-refractivity contribution >= 4 is 0 Å². The molecule has 3 heteroatoms. The fourth-order valence-corrected chi connectivity index (χ4v) is 4.20. The molecule has 2 aliphatic carbocycles. The lowest BCUT2D eigenvalue weighted by Gasteiger charge is -2.50. The van der Waals surface area contributed by atoms with Crippen molar-refractivity contribution in [3.63, 3.8) is 0 Å². The average molecular weight is 265 g/mol. The summed E-state index contributed by atoms with van der Waals surface area (Å²) in [6, 6.07) is 2.53. The van der Waals surface area contributed by atoms with E-state index in [1.807, 2.05) is 0 Å². The van der Waals surface area contributed by atoms with Crippen LogP contribution in [0.5, 0.6) is 0 Å². The smallest absolute Gasteiger partial charge is 0.0863 e. The van der Waals surface area contributed by atoms with Gasteiger partial charge in [-0.05, 0) is 38.0 Å². The summed E-state index contributed by atoms with van der Waals surface area (Å²) in [7, 11) is 1.71. The molecule has 0 aliphatic heterocycles. The number of nitriles is 1. The monoisotopic (exact) mass is 265 g/mol. The second-order valence-electron chi connectivity index (χ2n) is 6.55. The van der Waals surface area contributed by atoms with Gasteiger partial charge in [-0.3, -0.25) is 0 Å². The molecule has 0 amide bonds. The predicted octanol–water partition coefficient (Wildman–Crippen LogP) is 3.42. The molecule has 0 aromatic rings. The highest BCUT2D eigenvalue weighted by atomic mass is 16.5. The van der Waals surface area contributed by atoms with Gasteiger partial charge in [-0.25, -0.2) is 0 Å². The number of ether oxygens (including phenoxy) is 1. The maximum atomic E-state index is 11.2. The number of methoxy groups -OCH3 is 1. The Labute approximate surface area is 117 Å². The highest BCUT2D eigenvalue weighted by Gasteiger charge is 2.54. The van der Waals surface area contributed by atoms with Crippen LogP contribution in [0.1, 0.15) is 64.7 Å². The van der Waals surface area contributed by atoms with E-state index in [1.54, 1.807) is 7.11 Å². The van der Waals surface area contributed by atoms with Crippen LogP contribution in [0.25, 0.3) is 0 Å². The molecule has 0 radical (unpaired) electrons. The van der Waals surface area contributed by atoms with Gasteiger partial charge in [0.15, 0.2) is 0 Å². The molecule has 4 unspecified atom stereocenters. The topological polar surface area (TPSA) is 53.2 Å². The van der Waals surface area contributed by atoms with Gasteiger partial charge in [-0.1, -0.05) is 26.2 Å². The maximum absolute atomic E-state index is 11.2. The zero-order valence-corrected chi connectivity index (χ0v) is 12.3. The summed E-state index contributed by atoms with van der Waals surface area (Å²) in [5.41, 5.74) is -1.38. The van der Waals surface area contributed by atoms with Crippen LogP contribution < -0.4 is 0 Å². The van der Waals surface area contributed by atoms with E-state index < -0.39 is 11.0 Å². The van der Waals surface area contributed by atoms with Gasteiger partial charge < -0.3 is 9.84 Å². The molecule has 4 atom stereocenters. The largest absolute Gasteiger partial charge is 0.388 e. The molecule has 108 valence electrons. The first kappa shape index (κ1) is 14.8. The number of rotatable bonds is 3. The summed E-state index contributed by atoms with van der Waals surface area (Å²) < 4.78 is 5.45. The minimum atomic E-state index is -0.839. The molecule has 0 saturated heterocycles. The molecule has 2 saturated carbocycles. The fourth-order valence-electron chi connectivity index (χ4n) is 4.20. The van der Waals surface area contributed by atoms with Crippen molar-refractivity contribution in [2.24, 2.45) is 11.3 Å². The first-order valence-corrected chi connectivity index (χ1v) is 7.75. The standard InChI is InChI=1S/C16H27NO2/c1-3-13-6-4-8-15(10-13,12-17)16(18)9-5-7-14(11-16)19-2/h13-14,18H,3-11H2,1-2H3. The van der Waals surface area contributed by atoms with Crippen molar-refractivity contribution in [1.82, 2.24) is 0 Å². The van der Waals surface area contributed by atoms with Gasteiger partial charge in [0.25, 0.3) is 0 Å². The Morgan fingerprint density at radius 3 is 2.63 bits per heavy atom. The third kappa shape index (κ3) is 2.66. The third-order valence-electron chi connectivity index (χ3n) is 5.55. The Bertz CT molecular complexity index is 351. The van der Waals surface area contributed by atoms with E-state index in [1.165, 1.54) is 6.42 Å². The third-order valence-corrected chi connectivity index (χ3v) is 5.55. The number of hydrogen-bond donors (Lipinski definition) is 1. The minimum absolute atomic E-state index is 0.117. The lowest BCUT2D eigenvalue weighted by Crippen LogP contribution is -2.53. The highest BCUT2D eigenvalue weighted by Crippen LogP contribution is 2.52. The minimum Gasteiger partial charge on any atom is -0.388 e. The van der Waals surface area contributed by atoms with E-state index in [2.05, 4.69) is 13.0 Å². The highest BCUT2D eigenvalue weighted by molar-refractivity contribution is 5.14. The molecule has 2 aliphatic rings. The fraction of sp³-hybridized carbons (Fsp3) is 0.938. The zero-order valence-electron chi connectivity index (χ0n) is 12.3. The normalized spacial score (nSPS) is 43.7. The molecule has 19 heavy (non-hydrogen) atoms. The Balaban J connectivity index is 2.21. The Morgan fingerprint density at radius 1 is 1.26 bits per heavy atom. The van der Waals surface area contributed by atoms with Gasteiger partial charge in [0.1, 0.15) is 0 Å². The molecular formula is C16H27NO2. The molecule has 0 aromatic carbocycles. The Morgan fingerprint density at radius 2 is 2.00 bits per heavy atom. The Kier molecular flexibility index (Phi) is 4.53. The van der Waals surface area contributed by atoms with Crippen molar-refractivity contribution in [1.29, 1.82) is 5.26 Å². The van der Waals surface area contributed by atoms with Gasteiger partial charge in [0.2, 0.25) is 0 Å². The molecule has 0 aromatic heterocycles. The quantitative estimate of drug-likeness (QED) is 0.850. The number of aliphatic hydroxyl groups is 1. The van der Waals surface area contributed by atoms with Gasteiger partial charge in [-0.2, -0.15) is 5.26 Å². The maximum Gasteiger partial charge on any atom is 0.0863 e. The van der Waals surface area contributed by atoms with Gasteiger partial charge >= 0.3 is 0 Å². The van der Waals surface area contributed by atoms with Crippen molar-refractivity contribution < 1.29 is 9.84 Å². The lowest BCUT2D eigenvalue weighted by molar-refractivity contribution is -0.135. The lowest BCUT2D eigenvalue weighted by atomic mass is 9.57. The van der Waals surface area contributed by atoms with Crippen LogP contribution in [0.15, 0.2) is 0 Å². The summed E-state index contributed by atoms with van der Waals surface area (Å²) in [5, 5.41) is 20.9. The van der Waals surface area contributed by atoms with Crippen molar-refractivity contribution in [3.05, 3.63) is 0 Å². The van der Waals surface area contributed by atoms with E-state index in [9.17, 15) is 10.4 Å². The van der Waals surface area contributed by atoms with E-state index in [0.717, 1.165) is 44.9 Å². The van der Waals surface area contributed by atoms with Crippen LogP contribution in [0, 0.1) is 22.7 Å². The van der Waals surface area contributed by atoms with E-state index in [4.69, 9.17) is 4.74 Å². The SMILES string of the molecule is CCC1CCCC(C#N)(C2(O)CCCC(OC)C2)C1. The number of nitrogens with zero attached hydrogens (tertiary/aromatic N) is 1. The van der Waals surface area contributed by atoms with E-state index in [0.29, 0.717) is 12.3 Å². The summed E-state index contributed by atoms with van der Waals surface area (Å²) in [6.07, 6.45) is 8.62. The first-order valence-electron chi connectivity index (χ1n) is 7.75. The second kappa shape index (κ2) is 5.81. The van der Waals surface area contributed by atoms with Crippen LogP contribution in [0.3, 0.4) is 0 Å². The van der Waals surface area contributed by atoms with Crippen LogP contribution >= 0.6 is 0 Å². The molecular weight excluding hydrogens is 238 g/mol. The molecule has 0 heterocycles. The van der Waals surface area contributed by atoms with Crippen molar-refractivity contribution in [2.75, 3.05) is 7.11 Å². The first-order chi connectivity index (χ1) is 9.09. The van der Waals surface area contributed by atoms with Crippen LogP contribution in [-0.4, -0.2) is 23.9 Å². The Hall–Kier alpha value is -0.590.